The number of nitrogens with zero attached hydrogens (tertiary/aromatic N) is 1. The molecule has 84 valence electrons. The summed E-state index contributed by atoms with van der Waals surface area (Å²) in [4.78, 5) is 0. The highest BCUT2D eigenvalue weighted by Gasteiger charge is 2.40. The molecular weight excluding hydrogens is 206 g/mol. The summed E-state index contributed by atoms with van der Waals surface area (Å²) in [6, 6.07) is 5.97. The molecule has 0 amide bonds. The molecule has 1 aliphatic heterocycles. The number of para-hydroxylation sites is 1. The van der Waals surface area contributed by atoms with Gasteiger partial charge in [0.05, 0.1) is 0 Å². The van der Waals surface area contributed by atoms with Gasteiger partial charge in [0.25, 0.3) is 0 Å². The summed E-state index contributed by atoms with van der Waals surface area (Å²) >= 11 is 0. The van der Waals surface area contributed by atoms with Gasteiger partial charge in [-0.3, -0.25) is 0 Å². The minimum Gasteiger partial charge on any atom is -0.486 e. The number of benzene rings is 1. The molecule has 1 aliphatic carbocycles. The van der Waals surface area contributed by atoms with Crippen LogP contribution in [0.1, 0.15) is 17.9 Å². The summed E-state index contributed by atoms with van der Waals surface area (Å²) < 4.78 is 11.2. The lowest BCUT2D eigenvalue weighted by atomic mass is 10.1. The van der Waals surface area contributed by atoms with Gasteiger partial charge in [-0.1, -0.05) is 12.1 Å². The maximum absolute atomic E-state index is 8.49. The Kier molecular flexibility index (Phi) is 2.20. The second kappa shape index (κ2) is 3.70. The maximum atomic E-state index is 8.49. The Balaban J connectivity index is 1.90. The summed E-state index contributed by atoms with van der Waals surface area (Å²) in [6.45, 7) is 1.22. The molecule has 1 N–H and O–H groups in total. The molecule has 4 nitrogen and oxygen atoms in total. The maximum Gasteiger partial charge on any atom is 0.164 e. The highest BCUT2D eigenvalue weighted by atomic mass is 16.6. The first-order chi connectivity index (χ1) is 7.90. The van der Waals surface area contributed by atoms with Crippen molar-refractivity contribution in [3.8, 4) is 11.5 Å². The third kappa shape index (κ3) is 1.50. The van der Waals surface area contributed by atoms with Crippen molar-refractivity contribution in [3.05, 3.63) is 23.8 Å². The lowest BCUT2D eigenvalue weighted by Gasteiger charge is -2.20. The van der Waals surface area contributed by atoms with Crippen molar-refractivity contribution in [2.75, 3.05) is 13.2 Å². The first-order valence-electron chi connectivity index (χ1n) is 5.46. The van der Waals surface area contributed by atoms with Crippen LogP contribution < -0.4 is 9.47 Å². The predicted octanol–water partition coefficient (Wildman–Crippen LogP) is 2.02. The van der Waals surface area contributed by atoms with Crippen molar-refractivity contribution in [2.24, 2.45) is 11.1 Å². The van der Waals surface area contributed by atoms with Crippen molar-refractivity contribution in [2.45, 2.75) is 12.3 Å². The van der Waals surface area contributed by atoms with Crippen LogP contribution in [-0.4, -0.2) is 24.6 Å². The molecule has 16 heavy (non-hydrogen) atoms. The number of ether oxygens (including phenoxy) is 2. The Morgan fingerprint density at radius 2 is 2.19 bits per heavy atom. The lowest BCUT2D eigenvalue weighted by molar-refractivity contribution is 0.170. The van der Waals surface area contributed by atoms with Gasteiger partial charge in [0.2, 0.25) is 0 Å². The van der Waals surface area contributed by atoms with Crippen LogP contribution in [0.15, 0.2) is 23.4 Å². The molecule has 2 atom stereocenters. The summed E-state index contributed by atoms with van der Waals surface area (Å²) in [5, 5.41) is 11.6. The van der Waals surface area contributed by atoms with E-state index in [1.54, 1.807) is 6.21 Å². The number of oxime groups is 1. The second-order valence-corrected chi connectivity index (χ2v) is 4.14. The largest absolute Gasteiger partial charge is 0.486 e. The third-order valence-corrected chi connectivity index (χ3v) is 3.09. The van der Waals surface area contributed by atoms with Gasteiger partial charge in [0.1, 0.15) is 13.2 Å². The molecule has 1 heterocycles. The fourth-order valence-electron chi connectivity index (χ4n) is 2.21. The third-order valence-electron chi connectivity index (χ3n) is 3.09. The standard InChI is InChI=1S/C12H13NO3/c14-13-7-8-6-10(8)9-2-1-3-11-12(9)16-5-4-15-11/h1-3,7-8,10,14H,4-6H2. The minimum atomic E-state index is 0.335. The first-order valence-corrected chi connectivity index (χ1v) is 5.46. The summed E-state index contributed by atoms with van der Waals surface area (Å²) in [6.07, 6.45) is 2.61. The van der Waals surface area contributed by atoms with Gasteiger partial charge in [-0.2, -0.15) is 0 Å². The molecule has 0 radical (unpaired) electrons. The molecular formula is C12H13NO3. The minimum absolute atomic E-state index is 0.335. The van der Waals surface area contributed by atoms with Crippen molar-refractivity contribution in [1.82, 2.24) is 0 Å². The summed E-state index contributed by atoms with van der Waals surface area (Å²) in [7, 11) is 0. The van der Waals surface area contributed by atoms with Crippen LogP contribution in [0, 0.1) is 5.92 Å². The summed E-state index contributed by atoms with van der Waals surface area (Å²) in [5.74, 6) is 2.44. The van der Waals surface area contributed by atoms with Crippen molar-refractivity contribution in [3.63, 3.8) is 0 Å². The molecule has 1 aromatic carbocycles. The Morgan fingerprint density at radius 1 is 1.31 bits per heavy atom. The van der Waals surface area contributed by atoms with Crippen molar-refractivity contribution < 1.29 is 14.7 Å². The fraction of sp³-hybridized carbons (Fsp3) is 0.417. The Labute approximate surface area is 93.5 Å². The van der Waals surface area contributed by atoms with E-state index in [2.05, 4.69) is 11.2 Å². The van der Waals surface area contributed by atoms with E-state index < -0.39 is 0 Å². The van der Waals surface area contributed by atoms with Gasteiger partial charge < -0.3 is 14.7 Å². The normalized spacial score (nSPS) is 27.0. The van der Waals surface area contributed by atoms with Gasteiger partial charge in [0, 0.05) is 17.7 Å². The Hall–Kier alpha value is -1.71. The van der Waals surface area contributed by atoms with E-state index in [4.69, 9.17) is 14.7 Å². The van der Waals surface area contributed by atoms with E-state index in [-0.39, 0.29) is 0 Å². The second-order valence-electron chi connectivity index (χ2n) is 4.14. The number of hydrogen-bond donors (Lipinski definition) is 1. The molecule has 2 aliphatic rings. The Bertz CT molecular complexity index is 430. The van der Waals surface area contributed by atoms with Gasteiger partial charge in [-0.15, -0.1) is 5.16 Å². The highest BCUT2D eigenvalue weighted by molar-refractivity contribution is 5.68. The van der Waals surface area contributed by atoms with Gasteiger partial charge in [0.15, 0.2) is 11.5 Å². The molecule has 2 unspecified atom stereocenters. The smallest absolute Gasteiger partial charge is 0.164 e. The summed E-state index contributed by atoms with van der Waals surface area (Å²) in [5.41, 5.74) is 1.17. The number of rotatable bonds is 2. The van der Waals surface area contributed by atoms with E-state index >= 15 is 0 Å². The van der Waals surface area contributed by atoms with E-state index in [9.17, 15) is 0 Å². The van der Waals surface area contributed by atoms with Crippen LogP contribution in [0.4, 0.5) is 0 Å². The molecule has 0 saturated heterocycles. The molecule has 4 heteroatoms. The van der Waals surface area contributed by atoms with Crippen LogP contribution in [0.3, 0.4) is 0 Å². The molecule has 3 rings (SSSR count). The zero-order valence-electron chi connectivity index (χ0n) is 8.80. The molecule has 0 bridgehead atoms. The van der Waals surface area contributed by atoms with Crippen molar-refractivity contribution >= 4 is 6.21 Å². The lowest BCUT2D eigenvalue weighted by Crippen LogP contribution is -2.16. The first kappa shape index (κ1) is 9.51. The molecule has 1 aromatic rings. The van der Waals surface area contributed by atoms with Crippen LogP contribution in [0.5, 0.6) is 11.5 Å². The molecule has 0 aromatic heterocycles. The average molecular weight is 219 g/mol. The topological polar surface area (TPSA) is 51.1 Å². The highest BCUT2D eigenvalue weighted by Crippen LogP contribution is 2.51. The SMILES string of the molecule is ON=CC1CC1c1cccc2c1OCCO2. The Morgan fingerprint density at radius 3 is 3.06 bits per heavy atom. The van der Waals surface area contributed by atoms with E-state index in [0.717, 1.165) is 17.9 Å². The predicted molar refractivity (Wildman–Crippen MR) is 58.6 cm³/mol. The van der Waals surface area contributed by atoms with Gasteiger partial charge >= 0.3 is 0 Å². The van der Waals surface area contributed by atoms with Gasteiger partial charge in [-0.25, -0.2) is 0 Å². The van der Waals surface area contributed by atoms with Crippen LogP contribution >= 0.6 is 0 Å². The fourth-order valence-corrected chi connectivity index (χ4v) is 2.21. The molecule has 1 fully saturated rings. The zero-order valence-corrected chi connectivity index (χ0v) is 8.80. The van der Waals surface area contributed by atoms with E-state index in [1.165, 1.54) is 5.56 Å². The van der Waals surface area contributed by atoms with Crippen LogP contribution in [-0.2, 0) is 0 Å². The molecule has 1 saturated carbocycles. The van der Waals surface area contributed by atoms with E-state index in [1.807, 2.05) is 12.1 Å². The number of fused-ring (bicyclic) bond motifs is 1. The number of hydrogen-bond acceptors (Lipinski definition) is 4. The average Bonchev–Trinajstić information content (AvgIpc) is 3.08. The van der Waals surface area contributed by atoms with Crippen molar-refractivity contribution in [1.29, 1.82) is 0 Å². The van der Waals surface area contributed by atoms with Gasteiger partial charge in [-0.05, 0) is 18.4 Å². The monoisotopic (exact) mass is 219 g/mol. The van der Waals surface area contributed by atoms with Crippen LogP contribution in [0.25, 0.3) is 0 Å². The van der Waals surface area contributed by atoms with Crippen LogP contribution in [0.2, 0.25) is 0 Å². The molecule has 0 spiro atoms. The van der Waals surface area contributed by atoms with E-state index in [0.29, 0.717) is 25.0 Å². The quantitative estimate of drug-likeness (QED) is 0.470. The zero-order chi connectivity index (χ0) is 11.0.